The first-order chi connectivity index (χ1) is 17.2. The van der Waals surface area contributed by atoms with Crippen LogP contribution in [0.4, 0.5) is 16.2 Å². The van der Waals surface area contributed by atoms with Crippen LogP contribution in [-0.2, 0) is 16.2 Å². The zero-order valence-corrected chi connectivity index (χ0v) is 22.0. The van der Waals surface area contributed by atoms with Gasteiger partial charge in [0.2, 0.25) is 0 Å². The van der Waals surface area contributed by atoms with Crippen molar-refractivity contribution in [2.75, 3.05) is 4.90 Å². The van der Waals surface area contributed by atoms with Crippen molar-refractivity contribution >= 4 is 78.8 Å². The summed E-state index contributed by atoms with van der Waals surface area (Å²) >= 11 is 13.0. The number of carbonyl (C=O) groups excluding carboxylic acids is 3. The first-order valence-electron chi connectivity index (χ1n) is 10.2. The first kappa shape index (κ1) is 25.5. The molecule has 1 aliphatic rings. The summed E-state index contributed by atoms with van der Waals surface area (Å²) in [5.41, 5.74) is 0.622. The molecule has 0 unspecified atom stereocenters. The molecule has 3 aromatic carbocycles. The number of urea groups is 1. The molecule has 182 valence electrons. The van der Waals surface area contributed by atoms with Crippen LogP contribution in [0, 0.1) is 10.1 Å². The van der Waals surface area contributed by atoms with E-state index in [4.69, 9.17) is 16.3 Å². The third kappa shape index (κ3) is 5.32. The number of nitro groups is 1. The Kier molecular flexibility index (Phi) is 7.53. The number of hydrogen-bond acceptors (Lipinski definition) is 6. The fourth-order valence-electron chi connectivity index (χ4n) is 3.38. The molecule has 0 aromatic heterocycles. The average Bonchev–Trinajstić information content (AvgIpc) is 2.82. The number of halogens is 3. The van der Waals surface area contributed by atoms with Gasteiger partial charge in [0.1, 0.15) is 17.9 Å². The van der Waals surface area contributed by atoms with Gasteiger partial charge in [0.25, 0.3) is 17.5 Å². The Morgan fingerprint density at radius 1 is 1.06 bits per heavy atom. The number of amides is 4. The minimum atomic E-state index is -0.971. The van der Waals surface area contributed by atoms with Gasteiger partial charge in [-0.3, -0.25) is 25.0 Å². The van der Waals surface area contributed by atoms with E-state index in [0.29, 0.717) is 25.3 Å². The summed E-state index contributed by atoms with van der Waals surface area (Å²) in [6.07, 6.45) is 1.31. The number of hydrogen-bond donors (Lipinski definition) is 1. The minimum absolute atomic E-state index is 0.0621. The van der Waals surface area contributed by atoms with Crippen LogP contribution in [0.1, 0.15) is 11.1 Å². The van der Waals surface area contributed by atoms with Crippen LogP contribution in [0.25, 0.3) is 6.08 Å². The van der Waals surface area contributed by atoms with E-state index in [1.54, 1.807) is 30.3 Å². The van der Waals surface area contributed by atoms with Crippen molar-refractivity contribution in [3.63, 3.8) is 0 Å². The largest absolute Gasteiger partial charge is 0.487 e. The molecule has 4 amide bonds. The Bertz CT molecular complexity index is 1440. The highest BCUT2D eigenvalue weighted by Crippen LogP contribution is 2.36. The van der Waals surface area contributed by atoms with Crippen LogP contribution in [0.3, 0.4) is 0 Å². The third-order valence-corrected chi connectivity index (χ3v) is 6.50. The Labute approximate surface area is 226 Å². The van der Waals surface area contributed by atoms with Gasteiger partial charge in [-0.1, -0.05) is 45.7 Å². The summed E-state index contributed by atoms with van der Waals surface area (Å²) in [5, 5.41) is 13.6. The quantitative estimate of drug-likeness (QED) is 0.153. The molecule has 1 heterocycles. The van der Waals surface area contributed by atoms with Crippen LogP contribution in [0.15, 0.2) is 75.2 Å². The second kappa shape index (κ2) is 10.6. The molecular formula is C24H14Br2ClN3O6. The standard InChI is InChI=1S/C24H14Br2ClN3O6/c25-15-9-14(21(19(26)11-15)36-12-13-3-1-2-4-20(13)27)10-18-22(31)28-24(33)29(23(18)32)16-5-7-17(8-6-16)30(34)35/h1-11H,12H2,(H,28,31,33)/b18-10+. The molecule has 3 aromatic rings. The van der Waals surface area contributed by atoms with Crippen LogP contribution in [-0.4, -0.2) is 22.8 Å². The van der Waals surface area contributed by atoms with E-state index in [0.717, 1.165) is 22.6 Å². The van der Waals surface area contributed by atoms with Crippen molar-refractivity contribution in [2.24, 2.45) is 0 Å². The van der Waals surface area contributed by atoms with Crippen LogP contribution >= 0.6 is 43.5 Å². The van der Waals surface area contributed by atoms with Gasteiger partial charge in [0, 0.05) is 32.8 Å². The molecule has 9 nitrogen and oxygen atoms in total. The number of barbiturate groups is 1. The Hall–Kier alpha value is -3.54. The zero-order chi connectivity index (χ0) is 26.0. The van der Waals surface area contributed by atoms with Gasteiger partial charge in [-0.25, -0.2) is 9.69 Å². The monoisotopic (exact) mass is 633 g/mol. The summed E-state index contributed by atoms with van der Waals surface area (Å²) in [6.45, 7) is 0.115. The van der Waals surface area contributed by atoms with Gasteiger partial charge in [-0.15, -0.1) is 0 Å². The predicted octanol–water partition coefficient (Wildman–Crippen LogP) is 6.02. The molecule has 0 bridgehead atoms. The molecule has 0 spiro atoms. The molecule has 1 fully saturated rings. The number of benzene rings is 3. The number of rotatable bonds is 6. The molecule has 1 saturated heterocycles. The number of nitro benzene ring substituents is 1. The number of ether oxygens (including phenoxy) is 1. The Morgan fingerprint density at radius 3 is 2.42 bits per heavy atom. The lowest BCUT2D eigenvalue weighted by atomic mass is 10.1. The molecule has 0 radical (unpaired) electrons. The second-order valence-electron chi connectivity index (χ2n) is 7.42. The number of nitrogens with zero attached hydrogens (tertiary/aromatic N) is 2. The van der Waals surface area contributed by atoms with Crippen molar-refractivity contribution < 1.29 is 24.0 Å². The third-order valence-electron chi connectivity index (χ3n) is 5.09. The highest BCUT2D eigenvalue weighted by Gasteiger charge is 2.37. The predicted molar refractivity (Wildman–Crippen MR) is 140 cm³/mol. The van der Waals surface area contributed by atoms with Crippen LogP contribution < -0.4 is 15.0 Å². The summed E-state index contributed by atoms with van der Waals surface area (Å²) in [5.74, 6) is -1.45. The SMILES string of the molecule is O=C1NC(=O)N(c2ccc([N+](=O)[O-])cc2)C(=O)/C1=C/c1cc(Br)cc(Br)c1OCc1ccccc1Cl. The van der Waals surface area contributed by atoms with Crippen LogP contribution in [0.2, 0.25) is 5.02 Å². The van der Waals surface area contributed by atoms with Gasteiger partial charge < -0.3 is 4.74 Å². The number of nitrogens with one attached hydrogen (secondary N) is 1. The molecule has 36 heavy (non-hydrogen) atoms. The lowest BCUT2D eigenvalue weighted by Gasteiger charge is -2.26. The fourth-order valence-corrected chi connectivity index (χ4v) is 4.94. The van der Waals surface area contributed by atoms with Crippen molar-refractivity contribution in [3.05, 3.63) is 101 Å². The molecule has 12 heteroatoms. The second-order valence-corrected chi connectivity index (χ2v) is 9.59. The van der Waals surface area contributed by atoms with Crippen molar-refractivity contribution in [2.45, 2.75) is 6.61 Å². The van der Waals surface area contributed by atoms with Crippen molar-refractivity contribution in [1.82, 2.24) is 5.32 Å². The highest BCUT2D eigenvalue weighted by atomic mass is 79.9. The molecule has 0 saturated carbocycles. The summed E-state index contributed by atoms with van der Waals surface area (Å²) in [6, 6.07) is 14.4. The number of non-ortho nitro benzene ring substituents is 1. The van der Waals surface area contributed by atoms with E-state index in [9.17, 15) is 24.5 Å². The van der Waals surface area contributed by atoms with Crippen molar-refractivity contribution in [3.8, 4) is 5.75 Å². The molecule has 0 atom stereocenters. The smallest absolute Gasteiger partial charge is 0.335 e. The lowest BCUT2D eigenvalue weighted by Crippen LogP contribution is -2.54. The maximum atomic E-state index is 13.2. The summed E-state index contributed by atoms with van der Waals surface area (Å²) in [7, 11) is 0. The molecule has 1 N–H and O–H groups in total. The maximum Gasteiger partial charge on any atom is 0.335 e. The molecule has 1 aliphatic heterocycles. The van der Waals surface area contributed by atoms with E-state index < -0.39 is 22.8 Å². The van der Waals surface area contributed by atoms with Gasteiger partial charge in [0.05, 0.1) is 15.1 Å². The Morgan fingerprint density at radius 2 is 1.75 bits per heavy atom. The molecule has 4 rings (SSSR count). The lowest BCUT2D eigenvalue weighted by molar-refractivity contribution is -0.384. The minimum Gasteiger partial charge on any atom is -0.487 e. The summed E-state index contributed by atoms with van der Waals surface area (Å²) in [4.78, 5) is 49.4. The number of carbonyl (C=O) groups is 3. The zero-order valence-electron chi connectivity index (χ0n) is 18.0. The normalized spacial score (nSPS) is 14.7. The van der Waals surface area contributed by atoms with E-state index in [1.165, 1.54) is 18.2 Å². The molecular weight excluding hydrogens is 622 g/mol. The van der Waals surface area contributed by atoms with Gasteiger partial charge in [-0.05, 0) is 52.3 Å². The van der Waals surface area contributed by atoms with E-state index in [-0.39, 0.29) is 23.6 Å². The Balaban J connectivity index is 1.71. The molecule has 0 aliphatic carbocycles. The van der Waals surface area contributed by atoms with E-state index in [1.807, 2.05) is 6.07 Å². The van der Waals surface area contributed by atoms with Gasteiger partial charge in [0.15, 0.2) is 0 Å². The van der Waals surface area contributed by atoms with E-state index >= 15 is 0 Å². The highest BCUT2D eigenvalue weighted by molar-refractivity contribution is 9.11. The van der Waals surface area contributed by atoms with E-state index in [2.05, 4.69) is 37.2 Å². The van der Waals surface area contributed by atoms with Crippen molar-refractivity contribution in [1.29, 1.82) is 0 Å². The average molecular weight is 636 g/mol. The first-order valence-corrected chi connectivity index (χ1v) is 12.1. The topological polar surface area (TPSA) is 119 Å². The fraction of sp³-hybridized carbons (Fsp3) is 0.0417. The van der Waals surface area contributed by atoms with Gasteiger partial charge in [-0.2, -0.15) is 0 Å². The van der Waals surface area contributed by atoms with Gasteiger partial charge >= 0.3 is 6.03 Å². The van der Waals surface area contributed by atoms with Crippen LogP contribution in [0.5, 0.6) is 5.75 Å². The maximum absolute atomic E-state index is 13.2. The summed E-state index contributed by atoms with van der Waals surface area (Å²) < 4.78 is 7.17. The number of imide groups is 2. The number of anilines is 1.